The molecule has 1 aromatic rings. The molecule has 0 unspecified atom stereocenters. The monoisotopic (exact) mass is 266 g/mol. The third kappa shape index (κ3) is 2.46. The van der Waals surface area contributed by atoms with E-state index in [4.69, 9.17) is 5.11 Å². The molecule has 1 aliphatic carbocycles. The third-order valence-electron chi connectivity index (χ3n) is 2.91. The number of carboxylic acids is 1. The highest BCUT2D eigenvalue weighted by atomic mass is 16.6. The highest BCUT2D eigenvalue weighted by Gasteiger charge is 2.48. The number of nitrogens with one attached hydrogen (secondary N) is 1. The molecule has 0 bridgehead atoms. The van der Waals surface area contributed by atoms with Crippen LogP contribution in [0.2, 0.25) is 0 Å². The van der Waals surface area contributed by atoms with Crippen molar-refractivity contribution in [1.82, 2.24) is 0 Å². The summed E-state index contributed by atoms with van der Waals surface area (Å²) in [5.74, 6) is -3.62. The first-order valence-electron chi connectivity index (χ1n) is 5.42. The predicted octanol–water partition coefficient (Wildman–Crippen LogP) is 0.960. The van der Waals surface area contributed by atoms with Gasteiger partial charge in [0.25, 0.3) is 5.69 Å². The van der Waals surface area contributed by atoms with Crippen molar-refractivity contribution in [3.05, 3.63) is 28.3 Å². The van der Waals surface area contributed by atoms with Gasteiger partial charge >= 0.3 is 5.97 Å². The number of carbonyl (C=O) groups excluding carboxylic acids is 1. The number of hydrogen-bond acceptors (Lipinski definition) is 5. The number of anilines is 1. The Bertz CT molecular complexity index is 570. The molecular weight excluding hydrogens is 256 g/mol. The van der Waals surface area contributed by atoms with E-state index in [0.717, 1.165) is 6.07 Å². The molecule has 1 saturated carbocycles. The molecule has 8 heteroatoms. The molecule has 0 heterocycles. The van der Waals surface area contributed by atoms with Gasteiger partial charge in [-0.2, -0.15) is 0 Å². The normalized spacial score (nSPS) is 20.6. The van der Waals surface area contributed by atoms with Crippen molar-refractivity contribution < 1.29 is 24.7 Å². The van der Waals surface area contributed by atoms with Crippen LogP contribution in [0, 0.1) is 22.0 Å². The summed E-state index contributed by atoms with van der Waals surface area (Å²) in [6, 6.07) is 3.61. The van der Waals surface area contributed by atoms with Crippen molar-refractivity contribution >= 4 is 23.3 Å². The fraction of sp³-hybridized carbons (Fsp3) is 0.273. The molecule has 1 fully saturated rings. The molecule has 8 nitrogen and oxygen atoms in total. The summed E-state index contributed by atoms with van der Waals surface area (Å²) in [6.07, 6.45) is 0.197. The first-order valence-corrected chi connectivity index (χ1v) is 5.42. The number of aromatic hydroxyl groups is 1. The number of benzene rings is 1. The Hall–Kier alpha value is -2.64. The summed E-state index contributed by atoms with van der Waals surface area (Å²) >= 11 is 0. The number of nitro groups is 1. The minimum Gasteiger partial charge on any atom is -0.505 e. The molecule has 1 aliphatic rings. The second-order valence-corrected chi connectivity index (χ2v) is 4.20. The van der Waals surface area contributed by atoms with Gasteiger partial charge in [-0.15, -0.1) is 0 Å². The van der Waals surface area contributed by atoms with Crippen LogP contribution in [-0.2, 0) is 9.59 Å². The molecule has 2 atom stereocenters. The van der Waals surface area contributed by atoms with Crippen molar-refractivity contribution in [3.63, 3.8) is 0 Å². The molecule has 0 spiro atoms. The number of rotatable bonds is 4. The Morgan fingerprint density at radius 2 is 2.05 bits per heavy atom. The number of carboxylic acid groups (broad SMARTS) is 1. The summed E-state index contributed by atoms with van der Waals surface area (Å²) in [7, 11) is 0. The van der Waals surface area contributed by atoms with Crippen molar-refractivity contribution in [1.29, 1.82) is 0 Å². The zero-order valence-electron chi connectivity index (χ0n) is 9.57. The Kier molecular flexibility index (Phi) is 3.07. The summed E-state index contributed by atoms with van der Waals surface area (Å²) in [5.41, 5.74) is -0.755. The van der Waals surface area contributed by atoms with Crippen molar-refractivity contribution in [2.45, 2.75) is 6.42 Å². The molecule has 0 aromatic heterocycles. The molecule has 1 amide bonds. The predicted molar refractivity (Wildman–Crippen MR) is 62.6 cm³/mol. The minimum absolute atomic E-state index is 0.197. The van der Waals surface area contributed by atoms with E-state index in [-0.39, 0.29) is 12.1 Å². The average Bonchev–Trinajstić information content (AvgIpc) is 3.11. The van der Waals surface area contributed by atoms with Crippen LogP contribution in [0.3, 0.4) is 0 Å². The van der Waals surface area contributed by atoms with Crippen molar-refractivity contribution in [2.24, 2.45) is 11.8 Å². The highest BCUT2D eigenvalue weighted by Crippen LogP contribution is 2.41. The molecule has 2 rings (SSSR count). The summed E-state index contributed by atoms with van der Waals surface area (Å²) in [5, 5.41) is 31.2. The quantitative estimate of drug-likeness (QED) is 0.422. The van der Waals surface area contributed by atoms with E-state index < -0.39 is 40.1 Å². The van der Waals surface area contributed by atoms with Crippen LogP contribution in [-0.4, -0.2) is 27.0 Å². The summed E-state index contributed by atoms with van der Waals surface area (Å²) < 4.78 is 0. The maximum Gasteiger partial charge on any atom is 0.307 e. The van der Waals surface area contributed by atoms with Gasteiger partial charge in [0.1, 0.15) is 5.75 Å². The fourth-order valence-corrected chi connectivity index (χ4v) is 1.78. The number of nitrogens with zero attached hydrogens (tertiary/aromatic N) is 1. The fourth-order valence-electron chi connectivity index (χ4n) is 1.78. The SMILES string of the molecule is O=C(O)[C@H]1C[C@H]1C(=O)Nc1c(O)cccc1[N+](=O)[O-]. The standard InChI is InChI=1S/C11H10N2O6/c14-8-3-1-2-7(13(18)19)9(8)12-10(15)5-4-6(5)11(16)17/h1-3,5-6,14H,4H2,(H,12,15)(H,16,17)/t5-,6+/m1/s1. The highest BCUT2D eigenvalue weighted by molar-refractivity contribution is 6.00. The van der Waals surface area contributed by atoms with Crippen molar-refractivity contribution in [3.8, 4) is 5.75 Å². The molecule has 19 heavy (non-hydrogen) atoms. The number of phenols is 1. The van der Waals surface area contributed by atoms with Gasteiger partial charge in [0.15, 0.2) is 5.69 Å². The van der Waals surface area contributed by atoms with Gasteiger partial charge in [-0.05, 0) is 12.5 Å². The van der Waals surface area contributed by atoms with Gasteiger partial charge in [0.05, 0.1) is 16.8 Å². The smallest absolute Gasteiger partial charge is 0.307 e. The second-order valence-electron chi connectivity index (χ2n) is 4.20. The second kappa shape index (κ2) is 4.56. The van der Waals surface area contributed by atoms with Crippen LogP contribution in [0.5, 0.6) is 5.75 Å². The maximum absolute atomic E-state index is 11.7. The molecule has 100 valence electrons. The number of phenolic OH excluding ortho intramolecular Hbond substituents is 1. The van der Waals surface area contributed by atoms with Crippen LogP contribution in [0.4, 0.5) is 11.4 Å². The van der Waals surface area contributed by atoms with E-state index in [1.807, 2.05) is 0 Å². The number of hydrogen-bond donors (Lipinski definition) is 3. The summed E-state index contributed by atoms with van der Waals surface area (Å²) in [4.78, 5) is 32.4. The first-order chi connectivity index (χ1) is 8.91. The first kappa shape index (κ1) is 12.8. The minimum atomic E-state index is -1.08. The third-order valence-corrected chi connectivity index (χ3v) is 2.91. The number of nitro benzene ring substituents is 1. The van der Waals surface area contributed by atoms with E-state index in [9.17, 15) is 24.8 Å². The van der Waals surface area contributed by atoms with Gasteiger partial charge in [0, 0.05) is 6.07 Å². The Morgan fingerprint density at radius 3 is 2.58 bits per heavy atom. The summed E-state index contributed by atoms with van der Waals surface area (Å²) in [6.45, 7) is 0. The average molecular weight is 266 g/mol. The Labute approximate surface area is 106 Å². The molecule has 0 aliphatic heterocycles. The zero-order valence-corrected chi connectivity index (χ0v) is 9.57. The van der Waals surface area contributed by atoms with Crippen LogP contribution < -0.4 is 5.32 Å². The lowest BCUT2D eigenvalue weighted by Crippen LogP contribution is -2.17. The largest absolute Gasteiger partial charge is 0.505 e. The topological polar surface area (TPSA) is 130 Å². The van der Waals surface area contributed by atoms with Crippen LogP contribution in [0.1, 0.15) is 6.42 Å². The van der Waals surface area contributed by atoms with Gasteiger partial charge in [-0.1, -0.05) is 6.07 Å². The molecule has 0 radical (unpaired) electrons. The van der Waals surface area contributed by atoms with Crippen LogP contribution >= 0.6 is 0 Å². The molecule has 0 saturated heterocycles. The number of aliphatic carboxylic acids is 1. The lowest BCUT2D eigenvalue weighted by molar-refractivity contribution is -0.384. The number of carbonyl (C=O) groups is 2. The van der Waals surface area contributed by atoms with E-state index >= 15 is 0 Å². The number of para-hydroxylation sites is 1. The van der Waals surface area contributed by atoms with Crippen molar-refractivity contribution in [2.75, 3.05) is 5.32 Å². The maximum atomic E-state index is 11.7. The van der Waals surface area contributed by atoms with Crippen LogP contribution in [0.15, 0.2) is 18.2 Å². The van der Waals surface area contributed by atoms with Crippen LogP contribution in [0.25, 0.3) is 0 Å². The molecule has 3 N–H and O–H groups in total. The van der Waals surface area contributed by atoms with E-state index in [2.05, 4.69) is 5.32 Å². The Morgan fingerprint density at radius 1 is 1.37 bits per heavy atom. The van der Waals surface area contributed by atoms with Gasteiger partial charge in [-0.3, -0.25) is 19.7 Å². The lowest BCUT2D eigenvalue weighted by Gasteiger charge is -2.07. The Balaban J connectivity index is 2.18. The van der Waals surface area contributed by atoms with E-state index in [1.165, 1.54) is 12.1 Å². The van der Waals surface area contributed by atoms with Gasteiger partial charge in [0.2, 0.25) is 5.91 Å². The molecular formula is C11H10N2O6. The van der Waals surface area contributed by atoms with Gasteiger partial charge in [-0.25, -0.2) is 0 Å². The molecule has 1 aromatic carbocycles. The zero-order chi connectivity index (χ0) is 14.2. The number of amides is 1. The van der Waals surface area contributed by atoms with Gasteiger partial charge < -0.3 is 15.5 Å². The van der Waals surface area contributed by atoms with E-state index in [0.29, 0.717) is 0 Å². The van der Waals surface area contributed by atoms with E-state index in [1.54, 1.807) is 0 Å². The lowest BCUT2D eigenvalue weighted by atomic mass is 10.2.